The van der Waals surface area contributed by atoms with Crippen LogP contribution in [0.2, 0.25) is 5.02 Å². The van der Waals surface area contributed by atoms with E-state index in [2.05, 4.69) is 5.32 Å². The van der Waals surface area contributed by atoms with Crippen molar-refractivity contribution in [2.45, 2.75) is 13.0 Å². The molecule has 0 fully saturated rings. The van der Waals surface area contributed by atoms with E-state index in [4.69, 9.17) is 31.1 Å². The molecule has 2 aromatic rings. The van der Waals surface area contributed by atoms with E-state index in [0.29, 0.717) is 11.3 Å². The number of nitriles is 1. The predicted molar refractivity (Wildman–Crippen MR) is 99.2 cm³/mol. The van der Waals surface area contributed by atoms with Gasteiger partial charge in [0, 0.05) is 0 Å². The molecule has 0 aromatic heterocycles. The van der Waals surface area contributed by atoms with Crippen LogP contribution in [0, 0.1) is 11.3 Å². The van der Waals surface area contributed by atoms with Gasteiger partial charge in [0.1, 0.15) is 6.07 Å². The number of amides is 1. The van der Waals surface area contributed by atoms with E-state index in [1.165, 1.54) is 33.3 Å². The Morgan fingerprint density at radius 2 is 1.89 bits per heavy atom. The summed E-state index contributed by atoms with van der Waals surface area (Å²) >= 11 is 6.07. The van der Waals surface area contributed by atoms with Gasteiger partial charge in [-0.1, -0.05) is 23.7 Å². The van der Waals surface area contributed by atoms with Gasteiger partial charge in [-0.05, 0) is 31.2 Å². The summed E-state index contributed by atoms with van der Waals surface area (Å²) in [5.74, 6) is -0.779. The van der Waals surface area contributed by atoms with Crippen molar-refractivity contribution in [3.05, 3.63) is 52.5 Å². The Morgan fingerprint density at radius 1 is 1.19 bits per heavy atom. The fourth-order valence-electron chi connectivity index (χ4n) is 2.24. The van der Waals surface area contributed by atoms with Crippen LogP contribution in [0.15, 0.2) is 36.4 Å². The molecule has 0 radical (unpaired) electrons. The number of hydrogen-bond donors (Lipinski definition) is 1. The molecule has 7 nitrogen and oxygen atoms in total. The van der Waals surface area contributed by atoms with E-state index in [-0.39, 0.29) is 22.1 Å². The summed E-state index contributed by atoms with van der Waals surface area (Å²) in [6, 6.07) is 11.2. The normalized spacial score (nSPS) is 11.1. The minimum Gasteiger partial charge on any atom is -0.493 e. The standard InChI is InChI=1S/C19H17ClN2O5/c1-11(18(23)22-15-7-5-4-6-12(15)10-21)27-19(24)13-8-14(20)17(26-3)16(9-13)25-2/h4-9,11H,1-3H3,(H,22,23)/t11-/m0/s1. The lowest BCUT2D eigenvalue weighted by atomic mass is 10.2. The van der Waals surface area contributed by atoms with Crippen LogP contribution in [-0.2, 0) is 9.53 Å². The number of nitrogens with zero attached hydrogens (tertiary/aromatic N) is 1. The molecule has 1 amide bonds. The van der Waals surface area contributed by atoms with Gasteiger partial charge in [0.2, 0.25) is 0 Å². The third kappa shape index (κ3) is 4.68. The molecule has 0 saturated carbocycles. The van der Waals surface area contributed by atoms with E-state index >= 15 is 0 Å². The number of methoxy groups -OCH3 is 2. The summed E-state index contributed by atoms with van der Waals surface area (Å²) in [5, 5.41) is 11.8. The Hall–Kier alpha value is -3.24. The van der Waals surface area contributed by atoms with Gasteiger partial charge in [-0.2, -0.15) is 5.26 Å². The number of halogens is 1. The van der Waals surface area contributed by atoms with Gasteiger partial charge in [0.05, 0.1) is 36.1 Å². The average molecular weight is 389 g/mol. The largest absolute Gasteiger partial charge is 0.493 e. The number of rotatable bonds is 6. The van der Waals surface area contributed by atoms with E-state index in [1.54, 1.807) is 24.3 Å². The van der Waals surface area contributed by atoms with Crippen LogP contribution in [-0.4, -0.2) is 32.2 Å². The number of nitrogens with one attached hydrogen (secondary N) is 1. The van der Waals surface area contributed by atoms with Crippen molar-refractivity contribution < 1.29 is 23.8 Å². The Labute approximate surface area is 161 Å². The molecule has 2 rings (SSSR count). The Bertz CT molecular complexity index is 907. The third-order valence-electron chi connectivity index (χ3n) is 3.63. The van der Waals surface area contributed by atoms with Gasteiger partial charge >= 0.3 is 5.97 Å². The molecule has 0 aliphatic heterocycles. The van der Waals surface area contributed by atoms with E-state index in [1.807, 2.05) is 6.07 Å². The van der Waals surface area contributed by atoms with E-state index in [9.17, 15) is 9.59 Å². The molecule has 1 atom stereocenters. The summed E-state index contributed by atoms with van der Waals surface area (Å²) in [5.41, 5.74) is 0.743. The highest BCUT2D eigenvalue weighted by Gasteiger charge is 2.22. The van der Waals surface area contributed by atoms with E-state index in [0.717, 1.165) is 0 Å². The molecule has 0 saturated heterocycles. The van der Waals surface area contributed by atoms with Crippen molar-refractivity contribution >= 4 is 29.2 Å². The highest BCUT2D eigenvalue weighted by Crippen LogP contribution is 2.36. The topological polar surface area (TPSA) is 97.6 Å². The maximum absolute atomic E-state index is 12.3. The lowest BCUT2D eigenvalue weighted by molar-refractivity contribution is -0.123. The number of hydrogen-bond acceptors (Lipinski definition) is 6. The van der Waals surface area contributed by atoms with Crippen molar-refractivity contribution in [2.75, 3.05) is 19.5 Å². The summed E-state index contributed by atoms with van der Waals surface area (Å²) in [4.78, 5) is 24.6. The molecule has 0 spiro atoms. The number of ether oxygens (including phenoxy) is 3. The SMILES string of the molecule is COc1cc(C(=O)O[C@@H](C)C(=O)Nc2ccccc2C#N)cc(Cl)c1OC. The van der Waals surface area contributed by atoms with Crippen molar-refractivity contribution in [3.63, 3.8) is 0 Å². The Morgan fingerprint density at radius 3 is 2.52 bits per heavy atom. The zero-order valence-electron chi connectivity index (χ0n) is 14.9. The molecule has 0 aliphatic carbocycles. The molecule has 0 bridgehead atoms. The molecular formula is C19H17ClN2O5. The highest BCUT2D eigenvalue weighted by molar-refractivity contribution is 6.32. The van der Waals surface area contributed by atoms with Crippen molar-refractivity contribution in [1.82, 2.24) is 0 Å². The number of carbonyl (C=O) groups is 2. The molecule has 2 aromatic carbocycles. The van der Waals surface area contributed by atoms with Crippen LogP contribution in [0.3, 0.4) is 0 Å². The summed E-state index contributed by atoms with van der Waals surface area (Å²) < 4.78 is 15.4. The van der Waals surface area contributed by atoms with Crippen LogP contribution >= 0.6 is 11.6 Å². The molecule has 140 valence electrons. The van der Waals surface area contributed by atoms with Gasteiger partial charge in [0.25, 0.3) is 5.91 Å². The van der Waals surface area contributed by atoms with Crippen LogP contribution in [0.25, 0.3) is 0 Å². The monoisotopic (exact) mass is 388 g/mol. The summed E-state index contributed by atoms with van der Waals surface area (Å²) in [6.07, 6.45) is -1.10. The predicted octanol–water partition coefficient (Wildman–Crippen LogP) is 3.41. The molecule has 0 heterocycles. The lowest BCUT2D eigenvalue weighted by Gasteiger charge is -2.15. The molecule has 27 heavy (non-hydrogen) atoms. The minimum atomic E-state index is -1.10. The van der Waals surface area contributed by atoms with Gasteiger partial charge in [0.15, 0.2) is 17.6 Å². The summed E-state index contributed by atoms with van der Waals surface area (Å²) in [6.45, 7) is 1.42. The van der Waals surface area contributed by atoms with Crippen LogP contribution < -0.4 is 14.8 Å². The second-order valence-electron chi connectivity index (χ2n) is 5.39. The van der Waals surface area contributed by atoms with Gasteiger partial charge < -0.3 is 19.5 Å². The molecule has 1 N–H and O–H groups in total. The number of esters is 1. The van der Waals surface area contributed by atoms with Crippen molar-refractivity contribution in [3.8, 4) is 17.6 Å². The first-order chi connectivity index (χ1) is 12.9. The molecule has 0 aliphatic rings. The third-order valence-corrected chi connectivity index (χ3v) is 3.91. The number of para-hydroxylation sites is 1. The molecule has 8 heteroatoms. The molecular weight excluding hydrogens is 372 g/mol. The van der Waals surface area contributed by atoms with Gasteiger partial charge in [-0.3, -0.25) is 4.79 Å². The maximum Gasteiger partial charge on any atom is 0.339 e. The number of anilines is 1. The quantitative estimate of drug-likeness (QED) is 0.761. The minimum absolute atomic E-state index is 0.106. The Kier molecular flexibility index (Phi) is 6.63. The van der Waals surface area contributed by atoms with Gasteiger partial charge in [-0.25, -0.2) is 4.79 Å². The zero-order valence-corrected chi connectivity index (χ0v) is 15.7. The fourth-order valence-corrected chi connectivity index (χ4v) is 2.53. The zero-order chi connectivity index (χ0) is 20.0. The van der Waals surface area contributed by atoms with Crippen LogP contribution in [0.5, 0.6) is 11.5 Å². The smallest absolute Gasteiger partial charge is 0.339 e. The molecule has 0 unspecified atom stereocenters. The van der Waals surface area contributed by atoms with E-state index < -0.39 is 18.0 Å². The maximum atomic E-state index is 12.3. The second kappa shape index (κ2) is 8.92. The number of benzene rings is 2. The number of carbonyl (C=O) groups excluding carboxylic acids is 2. The first-order valence-electron chi connectivity index (χ1n) is 7.83. The van der Waals surface area contributed by atoms with Crippen molar-refractivity contribution in [1.29, 1.82) is 5.26 Å². The van der Waals surface area contributed by atoms with Crippen LogP contribution in [0.1, 0.15) is 22.8 Å². The first-order valence-corrected chi connectivity index (χ1v) is 8.21. The average Bonchev–Trinajstić information content (AvgIpc) is 2.67. The van der Waals surface area contributed by atoms with Crippen LogP contribution in [0.4, 0.5) is 5.69 Å². The fraction of sp³-hybridized carbons (Fsp3) is 0.211. The lowest BCUT2D eigenvalue weighted by Crippen LogP contribution is -2.30. The van der Waals surface area contributed by atoms with Crippen molar-refractivity contribution in [2.24, 2.45) is 0 Å². The first kappa shape index (κ1) is 20.1. The Balaban J connectivity index is 2.12. The second-order valence-corrected chi connectivity index (χ2v) is 5.79. The summed E-state index contributed by atoms with van der Waals surface area (Å²) in [7, 11) is 2.83. The van der Waals surface area contributed by atoms with Gasteiger partial charge in [-0.15, -0.1) is 0 Å². The highest BCUT2D eigenvalue weighted by atomic mass is 35.5.